The fraction of sp³-hybridized carbons (Fsp3) is 0.320. The molecule has 160 valence electrons. The van der Waals surface area contributed by atoms with E-state index >= 15 is 0 Å². The van der Waals surface area contributed by atoms with Crippen molar-refractivity contribution in [2.24, 2.45) is 0 Å². The first kappa shape index (κ1) is 21.0. The van der Waals surface area contributed by atoms with Gasteiger partial charge >= 0.3 is 0 Å². The highest BCUT2D eigenvalue weighted by Gasteiger charge is 2.22. The molecule has 0 radical (unpaired) electrons. The summed E-state index contributed by atoms with van der Waals surface area (Å²) < 4.78 is 0. The maximum absolute atomic E-state index is 11.6. The lowest BCUT2D eigenvalue weighted by molar-refractivity contribution is -0.111. The molecule has 0 aliphatic heterocycles. The van der Waals surface area contributed by atoms with E-state index in [0.29, 0.717) is 18.0 Å². The first-order chi connectivity index (χ1) is 15.0. The molecule has 1 heterocycles. The zero-order valence-electron chi connectivity index (χ0n) is 18.1. The fourth-order valence-electron chi connectivity index (χ4n) is 4.16. The zero-order valence-corrected chi connectivity index (χ0v) is 18.1. The van der Waals surface area contributed by atoms with Crippen LogP contribution in [-0.4, -0.2) is 47.0 Å². The van der Waals surface area contributed by atoms with Gasteiger partial charge in [0.15, 0.2) is 0 Å². The van der Waals surface area contributed by atoms with E-state index in [-0.39, 0.29) is 5.91 Å². The number of carbonyl (C=O) groups is 1. The Morgan fingerprint density at radius 3 is 2.61 bits per heavy atom. The lowest BCUT2D eigenvalue weighted by Gasteiger charge is -2.32. The summed E-state index contributed by atoms with van der Waals surface area (Å²) in [5.74, 6) is 0.462. The number of hydrogen-bond acceptors (Lipinski definition) is 5. The first-order valence-electron chi connectivity index (χ1n) is 10.8. The van der Waals surface area contributed by atoms with Crippen molar-refractivity contribution in [1.29, 1.82) is 0 Å². The second kappa shape index (κ2) is 9.27. The Kier molecular flexibility index (Phi) is 6.28. The average molecular weight is 416 g/mol. The van der Waals surface area contributed by atoms with E-state index in [2.05, 4.69) is 53.3 Å². The Hall–Kier alpha value is -3.25. The minimum absolute atomic E-state index is 0.223. The summed E-state index contributed by atoms with van der Waals surface area (Å²) in [6, 6.07) is 15.0. The van der Waals surface area contributed by atoms with Gasteiger partial charge < -0.3 is 15.5 Å². The summed E-state index contributed by atoms with van der Waals surface area (Å²) in [6.45, 7) is 3.50. The van der Waals surface area contributed by atoms with Crippen LogP contribution in [0.5, 0.6) is 0 Å². The van der Waals surface area contributed by atoms with Gasteiger partial charge in [0.1, 0.15) is 0 Å². The molecule has 1 aliphatic rings. The first-order valence-corrected chi connectivity index (χ1v) is 10.8. The molecule has 2 N–H and O–H groups in total. The number of fused-ring (bicyclic) bond motifs is 1. The number of hydrogen-bond donors (Lipinski definition) is 2. The van der Waals surface area contributed by atoms with Gasteiger partial charge in [0.25, 0.3) is 0 Å². The number of carbonyl (C=O) groups excluding carboxylic acids is 1. The van der Waals surface area contributed by atoms with E-state index in [9.17, 15) is 4.79 Å². The van der Waals surface area contributed by atoms with Crippen LogP contribution in [0.1, 0.15) is 25.7 Å². The molecule has 3 aromatic rings. The van der Waals surface area contributed by atoms with Crippen molar-refractivity contribution in [3.8, 4) is 11.1 Å². The van der Waals surface area contributed by atoms with E-state index in [4.69, 9.17) is 4.98 Å². The van der Waals surface area contributed by atoms with Crippen molar-refractivity contribution in [3.63, 3.8) is 0 Å². The molecule has 1 aromatic heterocycles. The van der Waals surface area contributed by atoms with E-state index in [1.165, 1.54) is 18.9 Å². The number of aromatic nitrogens is 2. The van der Waals surface area contributed by atoms with Gasteiger partial charge in [-0.15, -0.1) is 0 Å². The highest BCUT2D eigenvalue weighted by atomic mass is 16.1. The van der Waals surface area contributed by atoms with Crippen LogP contribution in [0.4, 0.5) is 11.6 Å². The Bertz CT molecular complexity index is 1090. The normalized spacial score (nSPS) is 18.7. The second-order valence-corrected chi connectivity index (χ2v) is 8.35. The van der Waals surface area contributed by atoms with Crippen LogP contribution < -0.4 is 10.6 Å². The molecule has 1 fully saturated rings. The maximum Gasteiger partial charge on any atom is 0.247 e. The van der Waals surface area contributed by atoms with Gasteiger partial charge in [-0.25, -0.2) is 9.97 Å². The van der Waals surface area contributed by atoms with E-state index in [0.717, 1.165) is 40.6 Å². The largest absolute Gasteiger partial charge is 0.351 e. The fourth-order valence-corrected chi connectivity index (χ4v) is 4.16. The summed E-state index contributed by atoms with van der Waals surface area (Å²) in [5.41, 5.74) is 3.69. The number of anilines is 2. The second-order valence-electron chi connectivity index (χ2n) is 8.35. The Morgan fingerprint density at radius 1 is 1.10 bits per heavy atom. The van der Waals surface area contributed by atoms with Gasteiger partial charge in [-0.3, -0.25) is 4.79 Å². The third-order valence-corrected chi connectivity index (χ3v) is 5.99. The van der Waals surface area contributed by atoms with Crippen molar-refractivity contribution in [2.45, 2.75) is 37.8 Å². The molecule has 0 bridgehead atoms. The zero-order chi connectivity index (χ0) is 21.8. The predicted molar refractivity (Wildman–Crippen MR) is 127 cm³/mol. The highest BCUT2D eigenvalue weighted by Crippen LogP contribution is 2.27. The minimum atomic E-state index is -0.223. The van der Waals surface area contributed by atoms with Gasteiger partial charge in [0.05, 0.1) is 5.52 Å². The van der Waals surface area contributed by atoms with Gasteiger partial charge in [0, 0.05) is 29.4 Å². The van der Waals surface area contributed by atoms with Crippen molar-refractivity contribution in [3.05, 3.63) is 61.3 Å². The number of amides is 1. The van der Waals surface area contributed by atoms with Crippen molar-refractivity contribution >= 4 is 28.4 Å². The van der Waals surface area contributed by atoms with Gasteiger partial charge in [-0.2, -0.15) is 0 Å². The molecular formula is C25H29N5O. The predicted octanol–water partition coefficient (Wildman–Crippen LogP) is 4.71. The average Bonchev–Trinajstić information content (AvgIpc) is 2.79. The quantitative estimate of drug-likeness (QED) is 0.571. The number of benzene rings is 2. The van der Waals surface area contributed by atoms with E-state index in [1.54, 1.807) is 0 Å². The molecule has 4 rings (SSSR count). The smallest absolute Gasteiger partial charge is 0.247 e. The van der Waals surface area contributed by atoms with Crippen LogP contribution in [0.25, 0.3) is 22.0 Å². The van der Waals surface area contributed by atoms with E-state index < -0.39 is 0 Å². The highest BCUT2D eigenvalue weighted by molar-refractivity contribution is 5.99. The molecule has 1 aliphatic carbocycles. The Morgan fingerprint density at radius 2 is 1.87 bits per heavy atom. The summed E-state index contributed by atoms with van der Waals surface area (Å²) >= 11 is 0. The van der Waals surface area contributed by atoms with Crippen molar-refractivity contribution in [2.75, 3.05) is 24.7 Å². The number of rotatable bonds is 6. The molecule has 1 amide bonds. The monoisotopic (exact) mass is 415 g/mol. The Labute approximate surface area is 183 Å². The standard InChI is InChI=1S/C25H29N5O/c1-4-24(31)27-21-7-5-6-17(14-21)18-8-9-19-16-26-25(29-23(19)15-18)28-20-10-12-22(13-11-20)30(2)3/h4-9,14-16,20,22H,1,10-13H2,2-3H3,(H,27,31)(H,26,28,29). The van der Waals surface area contributed by atoms with Crippen LogP contribution in [0, 0.1) is 0 Å². The van der Waals surface area contributed by atoms with Crippen LogP contribution in [0.15, 0.2) is 61.3 Å². The number of nitrogens with zero attached hydrogens (tertiary/aromatic N) is 3. The minimum Gasteiger partial charge on any atom is -0.351 e. The SMILES string of the molecule is C=CC(=O)Nc1cccc(-c2ccc3cnc(NC4CCC(N(C)C)CC4)nc3c2)c1. The molecule has 0 spiro atoms. The van der Waals surface area contributed by atoms with Crippen LogP contribution in [0.3, 0.4) is 0 Å². The van der Waals surface area contributed by atoms with Crippen LogP contribution in [-0.2, 0) is 4.79 Å². The summed E-state index contributed by atoms with van der Waals surface area (Å²) in [5, 5.41) is 7.34. The molecule has 0 unspecified atom stereocenters. The Balaban J connectivity index is 1.52. The molecule has 6 heteroatoms. The summed E-state index contributed by atoms with van der Waals surface area (Å²) in [4.78, 5) is 23.2. The van der Waals surface area contributed by atoms with Gasteiger partial charge in [-0.1, -0.05) is 30.8 Å². The molecule has 31 heavy (non-hydrogen) atoms. The van der Waals surface area contributed by atoms with Gasteiger partial charge in [0.2, 0.25) is 11.9 Å². The molecular weight excluding hydrogens is 386 g/mol. The third kappa shape index (κ3) is 5.09. The molecule has 0 atom stereocenters. The van der Waals surface area contributed by atoms with E-state index in [1.807, 2.05) is 36.5 Å². The van der Waals surface area contributed by atoms with Crippen molar-refractivity contribution in [1.82, 2.24) is 14.9 Å². The third-order valence-electron chi connectivity index (χ3n) is 5.99. The molecule has 1 saturated carbocycles. The van der Waals surface area contributed by atoms with Gasteiger partial charge in [-0.05, 0) is 75.2 Å². The summed E-state index contributed by atoms with van der Waals surface area (Å²) in [7, 11) is 4.32. The van der Waals surface area contributed by atoms with Crippen LogP contribution in [0.2, 0.25) is 0 Å². The summed E-state index contributed by atoms with van der Waals surface area (Å²) in [6.07, 6.45) is 7.80. The lowest BCUT2D eigenvalue weighted by atomic mass is 9.91. The maximum atomic E-state index is 11.6. The topological polar surface area (TPSA) is 70.2 Å². The molecule has 2 aromatic carbocycles. The molecule has 0 saturated heterocycles. The molecule has 6 nitrogen and oxygen atoms in total. The number of nitrogens with one attached hydrogen (secondary N) is 2. The lowest BCUT2D eigenvalue weighted by Crippen LogP contribution is -2.36. The van der Waals surface area contributed by atoms with Crippen molar-refractivity contribution < 1.29 is 4.79 Å². The van der Waals surface area contributed by atoms with Crippen LogP contribution >= 0.6 is 0 Å².